The van der Waals surface area contributed by atoms with Gasteiger partial charge in [0.25, 0.3) is 0 Å². The number of hydrogen-bond donors (Lipinski definition) is 0. The molecule has 1 aliphatic rings. The number of hydrogen-bond acceptors (Lipinski definition) is 1. The Balaban J connectivity index is 0.00000264. The third-order valence-corrected chi connectivity index (χ3v) is 4.57. The van der Waals surface area contributed by atoms with Crippen LogP contribution in [0.3, 0.4) is 0 Å². The third-order valence-electron chi connectivity index (χ3n) is 4.57. The van der Waals surface area contributed by atoms with Crippen molar-refractivity contribution >= 4 is 29.9 Å². The summed E-state index contributed by atoms with van der Waals surface area (Å²) < 4.78 is 13.7. The molecule has 0 amide bonds. The second-order valence-electron chi connectivity index (χ2n) is 6.76. The molecule has 1 aliphatic carbocycles. The quantitative estimate of drug-likeness (QED) is 0.406. The number of guanidine groups is 1. The Morgan fingerprint density at radius 2 is 1.70 bits per heavy atom. The lowest BCUT2D eigenvalue weighted by Crippen LogP contribution is -2.38. The van der Waals surface area contributed by atoms with Gasteiger partial charge in [-0.1, -0.05) is 31.4 Å². The van der Waals surface area contributed by atoms with Crippen LogP contribution in [0.4, 0.5) is 4.39 Å². The lowest BCUT2D eigenvalue weighted by atomic mass is 9.69. The van der Waals surface area contributed by atoms with Crippen molar-refractivity contribution in [3.63, 3.8) is 0 Å². The molecule has 3 nitrogen and oxygen atoms in total. The summed E-state index contributed by atoms with van der Waals surface area (Å²) in [6.07, 6.45) is 5.85. The molecule has 130 valence electrons. The van der Waals surface area contributed by atoms with Gasteiger partial charge < -0.3 is 9.80 Å². The number of rotatable bonds is 3. The Hall–Kier alpha value is -0.850. The van der Waals surface area contributed by atoms with E-state index in [0.717, 1.165) is 30.9 Å². The molecule has 1 aromatic carbocycles. The minimum absolute atomic E-state index is 0. The van der Waals surface area contributed by atoms with Gasteiger partial charge in [0.2, 0.25) is 0 Å². The van der Waals surface area contributed by atoms with Gasteiger partial charge in [-0.05, 0) is 30.5 Å². The lowest BCUT2D eigenvalue weighted by molar-refractivity contribution is 0.298. The Morgan fingerprint density at radius 1 is 1.09 bits per heavy atom. The molecule has 0 saturated heterocycles. The molecule has 0 aliphatic heterocycles. The first-order valence-corrected chi connectivity index (χ1v) is 8.10. The van der Waals surface area contributed by atoms with E-state index in [-0.39, 0.29) is 35.2 Å². The van der Waals surface area contributed by atoms with E-state index >= 15 is 0 Å². The lowest BCUT2D eigenvalue weighted by Gasteiger charge is -2.37. The van der Waals surface area contributed by atoms with Crippen molar-refractivity contribution in [2.75, 3.05) is 34.7 Å². The number of nitrogens with zero attached hydrogens (tertiary/aromatic N) is 3. The highest BCUT2D eigenvalue weighted by molar-refractivity contribution is 14.0. The van der Waals surface area contributed by atoms with Crippen LogP contribution in [-0.4, -0.2) is 50.5 Å². The molecule has 0 atom stereocenters. The molecule has 0 bridgehead atoms. The molecule has 0 aromatic heterocycles. The zero-order valence-electron chi connectivity index (χ0n) is 14.7. The second-order valence-corrected chi connectivity index (χ2v) is 6.76. The van der Waals surface area contributed by atoms with E-state index in [1.54, 1.807) is 6.07 Å². The second kappa shape index (κ2) is 8.85. The number of aliphatic imine (C=N–C) groups is 1. The first-order valence-electron chi connectivity index (χ1n) is 8.10. The predicted molar refractivity (Wildman–Crippen MR) is 106 cm³/mol. The summed E-state index contributed by atoms with van der Waals surface area (Å²) in [4.78, 5) is 8.93. The highest BCUT2D eigenvalue weighted by atomic mass is 127. The van der Waals surface area contributed by atoms with E-state index in [1.807, 2.05) is 44.1 Å². The van der Waals surface area contributed by atoms with Gasteiger partial charge in [0.1, 0.15) is 5.82 Å². The molecular formula is C18H29FIN3. The van der Waals surface area contributed by atoms with Crippen LogP contribution in [0, 0.1) is 5.82 Å². The van der Waals surface area contributed by atoms with Crippen LogP contribution in [0.25, 0.3) is 0 Å². The molecule has 2 rings (SSSR count). The van der Waals surface area contributed by atoms with Gasteiger partial charge in [-0.25, -0.2) is 4.39 Å². The molecule has 0 heterocycles. The van der Waals surface area contributed by atoms with E-state index in [9.17, 15) is 4.39 Å². The Kier molecular flexibility index (Phi) is 7.77. The van der Waals surface area contributed by atoms with Crippen LogP contribution in [-0.2, 0) is 5.41 Å². The fraction of sp³-hybridized carbons (Fsp3) is 0.611. The Bertz CT molecular complexity index is 513. The largest absolute Gasteiger partial charge is 0.349 e. The van der Waals surface area contributed by atoms with Crippen LogP contribution < -0.4 is 0 Å². The summed E-state index contributed by atoms with van der Waals surface area (Å²) in [5.74, 6) is 0.813. The zero-order valence-corrected chi connectivity index (χ0v) is 17.0. The summed E-state index contributed by atoms with van der Waals surface area (Å²) in [6.45, 7) is 0.724. The van der Waals surface area contributed by atoms with Crippen molar-refractivity contribution in [3.8, 4) is 0 Å². The van der Waals surface area contributed by atoms with Crippen molar-refractivity contribution in [2.24, 2.45) is 4.99 Å². The average molecular weight is 433 g/mol. The number of benzene rings is 1. The predicted octanol–water partition coefficient (Wildman–Crippen LogP) is 4.12. The third kappa shape index (κ3) is 5.06. The van der Waals surface area contributed by atoms with Crippen molar-refractivity contribution < 1.29 is 4.39 Å². The minimum atomic E-state index is -0.146. The molecule has 1 aromatic rings. The maximum atomic E-state index is 13.7. The first-order chi connectivity index (χ1) is 10.4. The molecule has 0 spiro atoms. The van der Waals surface area contributed by atoms with Gasteiger partial charge in [0.15, 0.2) is 5.96 Å². The van der Waals surface area contributed by atoms with Crippen molar-refractivity contribution in [1.82, 2.24) is 9.80 Å². The molecule has 0 N–H and O–H groups in total. The molecule has 1 fully saturated rings. The minimum Gasteiger partial charge on any atom is -0.349 e. The fourth-order valence-corrected chi connectivity index (χ4v) is 3.49. The maximum absolute atomic E-state index is 13.7. The van der Waals surface area contributed by atoms with Crippen molar-refractivity contribution in [3.05, 3.63) is 35.6 Å². The van der Waals surface area contributed by atoms with E-state index in [4.69, 9.17) is 4.99 Å². The van der Waals surface area contributed by atoms with E-state index in [1.165, 1.54) is 25.3 Å². The summed E-state index contributed by atoms with van der Waals surface area (Å²) >= 11 is 0. The van der Waals surface area contributed by atoms with Crippen LogP contribution in [0.1, 0.15) is 37.7 Å². The van der Waals surface area contributed by atoms with Gasteiger partial charge in [0, 0.05) is 33.6 Å². The average Bonchev–Trinajstić information content (AvgIpc) is 2.47. The highest BCUT2D eigenvalue weighted by Gasteiger charge is 2.34. The molecular weight excluding hydrogens is 404 g/mol. The van der Waals surface area contributed by atoms with Crippen LogP contribution >= 0.6 is 24.0 Å². The van der Waals surface area contributed by atoms with Crippen LogP contribution in [0.2, 0.25) is 0 Å². The van der Waals surface area contributed by atoms with Gasteiger partial charge in [-0.3, -0.25) is 4.99 Å². The molecule has 0 radical (unpaired) electrons. The molecule has 5 heteroatoms. The van der Waals surface area contributed by atoms with Gasteiger partial charge in [-0.15, -0.1) is 24.0 Å². The molecule has 0 unspecified atom stereocenters. The summed E-state index contributed by atoms with van der Waals surface area (Å²) in [5, 5.41) is 0. The van der Waals surface area contributed by atoms with Crippen LogP contribution in [0.5, 0.6) is 0 Å². The van der Waals surface area contributed by atoms with E-state index in [2.05, 4.69) is 6.07 Å². The smallest absolute Gasteiger partial charge is 0.195 e. The fourth-order valence-electron chi connectivity index (χ4n) is 3.49. The Labute approximate surface area is 157 Å². The first kappa shape index (κ1) is 20.2. The SMILES string of the molecule is CN(C)C(=NCC1(c2cccc(F)c2)CCCCC1)N(C)C.I. The van der Waals surface area contributed by atoms with E-state index in [0.29, 0.717) is 0 Å². The van der Waals surface area contributed by atoms with Crippen LogP contribution in [0.15, 0.2) is 29.3 Å². The van der Waals surface area contributed by atoms with Gasteiger partial charge in [0.05, 0.1) is 6.54 Å². The summed E-state index contributed by atoms with van der Waals surface area (Å²) in [5.41, 5.74) is 1.09. The topological polar surface area (TPSA) is 18.8 Å². The normalized spacial score (nSPS) is 16.2. The van der Waals surface area contributed by atoms with E-state index < -0.39 is 0 Å². The maximum Gasteiger partial charge on any atom is 0.195 e. The standard InChI is InChI=1S/C18H28FN3.HI/c1-21(2)17(22(3)4)20-14-18(11-6-5-7-12-18)15-9-8-10-16(19)13-15;/h8-10,13H,5-7,11-12,14H2,1-4H3;1H. The van der Waals surface area contributed by atoms with Gasteiger partial charge >= 0.3 is 0 Å². The van der Waals surface area contributed by atoms with Crippen molar-refractivity contribution in [1.29, 1.82) is 0 Å². The monoisotopic (exact) mass is 433 g/mol. The molecule has 1 saturated carbocycles. The van der Waals surface area contributed by atoms with Gasteiger partial charge in [-0.2, -0.15) is 0 Å². The Morgan fingerprint density at radius 3 is 2.22 bits per heavy atom. The van der Waals surface area contributed by atoms with Crippen molar-refractivity contribution in [2.45, 2.75) is 37.5 Å². The summed E-state index contributed by atoms with van der Waals surface area (Å²) in [7, 11) is 8.03. The number of halogens is 2. The molecule has 23 heavy (non-hydrogen) atoms. The zero-order chi connectivity index (χ0) is 16.2. The summed E-state index contributed by atoms with van der Waals surface area (Å²) in [6, 6.07) is 7.11. The highest BCUT2D eigenvalue weighted by Crippen LogP contribution is 2.40.